The van der Waals surface area contributed by atoms with Crippen LogP contribution < -0.4 is 11.5 Å². The van der Waals surface area contributed by atoms with Crippen molar-refractivity contribution in [3.05, 3.63) is 29.3 Å². The van der Waals surface area contributed by atoms with Gasteiger partial charge in [-0.2, -0.15) is 0 Å². The normalized spacial score (nSPS) is 11.6. The summed E-state index contributed by atoms with van der Waals surface area (Å²) in [4.78, 5) is 13.5. The first-order chi connectivity index (χ1) is 9.29. The summed E-state index contributed by atoms with van der Waals surface area (Å²) in [6, 6.07) is 5.32. The van der Waals surface area contributed by atoms with Crippen LogP contribution >= 0.6 is 0 Å². The molecule has 1 aromatic rings. The molecule has 0 saturated heterocycles. The van der Waals surface area contributed by atoms with Crippen molar-refractivity contribution in [2.24, 2.45) is 17.6 Å². The van der Waals surface area contributed by atoms with Crippen LogP contribution in [0.4, 0.5) is 5.69 Å². The molecule has 1 aromatic carbocycles. The molecule has 0 spiro atoms. The average Bonchev–Trinajstić information content (AvgIpc) is 2.29. The molecule has 0 aliphatic rings. The van der Waals surface area contributed by atoms with Crippen LogP contribution in [0.1, 0.15) is 43.6 Å². The van der Waals surface area contributed by atoms with E-state index in [0.29, 0.717) is 23.1 Å². The maximum Gasteiger partial charge on any atom is 0.248 e. The minimum Gasteiger partial charge on any atom is -0.398 e. The van der Waals surface area contributed by atoms with Gasteiger partial charge in [0.05, 0.1) is 0 Å². The zero-order valence-electron chi connectivity index (χ0n) is 13.0. The van der Waals surface area contributed by atoms with Crippen molar-refractivity contribution >= 4 is 11.6 Å². The van der Waals surface area contributed by atoms with Gasteiger partial charge < -0.3 is 11.5 Å². The molecule has 0 aliphatic carbocycles. The molecule has 0 aliphatic heterocycles. The highest BCUT2D eigenvalue weighted by Gasteiger charge is 2.12. The molecule has 112 valence electrons. The van der Waals surface area contributed by atoms with Crippen LogP contribution in [0, 0.1) is 11.8 Å². The molecule has 0 atom stereocenters. The summed E-state index contributed by atoms with van der Waals surface area (Å²) < 4.78 is 0. The predicted molar refractivity (Wildman–Crippen MR) is 84.3 cm³/mol. The lowest BCUT2D eigenvalue weighted by molar-refractivity contribution is 0.100. The molecule has 4 nitrogen and oxygen atoms in total. The Morgan fingerprint density at radius 1 is 1.15 bits per heavy atom. The van der Waals surface area contributed by atoms with Crippen molar-refractivity contribution in [2.45, 2.75) is 34.2 Å². The highest BCUT2D eigenvalue weighted by Crippen LogP contribution is 2.18. The molecule has 4 heteroatoms. The second kappa shape index (κ2) is 7.29. The van der Waals surface area contributed by atoms with Crippen molar-refractivity contribution in [3.8, 4) is 0 Å². The van der Waals surface area contributed by atoms with Crippen molar-refractivity contribution in [2.75, 3.05) is 18.8 Å². The number of nitrogens with two attached hydrogens (primary N) is 2. The van der Waals surface area contributed by atoms with Gasteiger partial charge in [-0.05, 0) is 29.5 Å². The third kappa shape index (κ3) is 5.21. The maximum absolute atomic E-state index is 11.1. The lowest BCUT2D eigenvalue weighted by atomic mass is 10.1. The Hall–Kier alpha value is -1.55. The third-order valence-electron chi connectivity index (χ3n) is 3.07. The van der Waals surface area contributed by atoms with Gasteiger partial charge in [0.15, 0.2) is 0 Å². The van der Waals surface area contributed by atoms with Crippen LogP contribution in [-0.2, 0) is 6.54 Å². The summed E-state index contributed by atoms with van der Waals surface area (Å²) in [5, 5.41) is 0. The van der Waals surface area contributed by atoms with E-state index in [0.717, 1.165) is 25.2 Å². The van der Waals surface area contributed by atoms with Crippen LogP contribution in [0.5, 0.6) is 0 Å². The topological polar surface area (TPSA) is 72.3 Å². The summed E-state index contributed by atoms with van der Waals surface area (Å²) in [6.45, 7) is 11.7. The number of anilines is 1. The van der Waals surface area contributed by atoms with Gasteiger partial charge in [-0.25, -0.2) is 0 Å². The van der Waals surface area contributed by atoms with Crippen LogP contribution in [0.15, 0.2) is 18.2 Å². The standard InChI is InChI=1S/C16H27N3O/c1-11(2)8-19(9-12(3)4)10-14-6-5-13(16(18)20)7-15(14)17/h5-7,11-12H,8-10,17H2,1-4H3,(H2,18,20). The first kappa shape index (κ1) is 16.5. The van der Waals surface area contributed by atoms with Gasteiger partial charge in [0.25, 0.3) is 0 Å². The molecule has 0 saturated carbocycles. The molecule has 0 bridgehead atoms. The summed E-state index contributed by atoms with van der Waals surface area (Å²) in [5.41, 5.74) is 13.4. The van der Waals surface area contributed by atoms with E-state index in [4.69, 9.17) is 11.5 Å². The third-order valence-corrected chi connectivity index (χ3v) is 3.07. The van der Waals surface area contributed by atoms with Crippen molar-refractivity contribution in [3.63, 3.8) is 0 Å². The van der Waals surface area contributed by atoms with E-state index in [1.54, 1.807) is 12.1 Å². The molecule has 0 radical (unpaired) electrons. The van der Waals surface area contributed by atoms with Crippen LogP contribution in [0.25, 0.3) is 0 Å². The molecule has 20 heavy (non-hydrogen) atoms. The lowest BCUT2D eigenvalue weighted by Crippen LogP contribution is -2.31. The van der Waals surface area contributed by atoms with E-state index in [1.807, 2.05) is 6.07 Å². The van der Waals surface area contributed by atoms with Crippen molar-refractivity contribution < 1.29 is 4.79 Å². The van der Waals surface area contributed by atoms with Crippen LogP contribution in [-0.4, -0.2) is 23.9 Å². The Kier molecular flexibility index (Phi) is 6.02. The predicted octanol–water partition coefficient (Wildman–Crippen LogP) is 2.48. The summed E-state index contributed by atoms with van der Waals surface area (Å²) in [6.07, 6.45) is 0. The summed E-state index contributed by atoms with van der Waals surface area (Å²) in [7, 11) is 0. The molecular formula is C16H27N3O. The number of nitrogens with zero attached hydrogens (tertiary/aromatic N) is 1. The number of rotatable bonds is 7. The van der Waals surface area contributed by atoms with Gasteiger partial charge in [0, 0.05) is 30.9 Å². The molecule has 0 fully saturated rings. The number of carbonyl (C=O) groups is 1. The van der Waals surface area contributed by atoms with E-state index in [2.05, 4.69) is 32.6 Å². The maximum atomic E-state index is 11.1. The minimum absolute atomic E-state index is 0.440. The number of benzene rings is 1. The number of hydrogen-bond acceptors (Lipinski definition) is 3. The van der Waals surface area contributed by atoms with E-state index in [-0.39, 0.29) is 0 Å². The van der Waals surface area contributed by atoms with E-state index < -0.39 is 5.91 Å². The van der Waals surface area contributed by atoms with Gasteiger partial charge in [-0.15, -0.1) is 0 Å². The van der Waals surface area contributed by atoms with Gasteiger partial charge in [-0.3, -0.25) is 9.69 Å². The molecule has 0 unspecified atom stereocenters. The van der Waals surface area contributed by atoms with Crippen molar-refractivity contribution in [1.82, 2.24) is 4.90 Å². The average molecular weight is 277 g/mol. The second-order valence-corrected chi connectivity index (χ2v) is 6.26. The second-order valence-electron chi connectivity index (χ2n) is 6.26. The van der Waals surface area contributed by atoms with E-state index in [1.165, 1.54) is 0 Å². The fraction of sp³-hybridized carbons (Fsp3) is 0.562. The largest absolute Gasteiger partial charge is 0.398 e. The Balaban J connectivity index is 2.84. The Morgan fingerprint density at radius 2 is 1.70 bits per heavy atom. The number of nitrogen functional groups attached to an aromatic ring is 1. The van der Waals surface area contributed by atoms with Crippen LogP contribution in [0.3, 0.4) is 0 Å². The molecular weight excluding hydrogens is 250 g/mol. The SMILES string of the molecule is CC(C)CN(Cc1ccc(C(N)=O)cc1N)CC(C)C. The quantitative estimate of drug-likeness (QED) is 0.752. The smallest absolute Gasteiger partial charge is 0.248 e. The monoisotopic (exact) mass is 277 g/mol. The first-order valence-electron chi connectivity index (χ1n) is 7.20. The number of hydrogen-bond donors (Lipinski definition) is 2. The molecule has 1 amide bonds. The number of primary amides is 1. The Labute approximate surface area is 122 Å². The summed E-state index contributed by atoms with van der Waals surface area (Å²) in [5.74, 6) is 0.782. The zero-order chi connectivity index (χ0) is 15.3. The fourth-order valence-electron chi connectivity index (χ4n) is 2.37. The van der Waals surface area contributed by atoms with E-state index >= 15 is 0 Å². The highest BCUT2D eigenvalue weighted by atomic mass is 16.1. The van der Waals surface area contributed by atoms with Gasteiger partial charge in [0.2, 0.25) is 5.91 Å². The minimum atomic E-state index is -0.440. The number of amides is 1. The van der Waals surface area contributed by atoms with Crippen molar-refractivity contribution in [1.29, 1.82) is 0 Å². The van der Waals surface area contributed by atoms with Gasteiger partial charge in [0.1, 0.15) is 0 Å². The summed E-state index contributed by atoms with van der Waals surface area (Å²) >= 11 is 0. The molecule has 0 aromatic heterocycles. The lowest BCUT2D eigenvalue weighted by Gasteiger charge is -2.26. The Bertz CT molecular complexity index is 445. The fourth-order valence-corrected chi connectivity index (χ4v) is 2.37. The van der Waals surface area contributed by atoms with Gasteiger partial charge >= 0.3 is 0 Å². The van der Waals surface area contributed by atoms with Crippen LogP contribution in [0.2, 0.25) is 0 Å². The molecule has 4 N–H and O–H groups in total. The molecule has 1 rings (SSSR count). The number of carbonyl (C=O) groups excluding carboxylic acids is 1. The Morgan fingerprint density at radius 3 is 2.10 bits per heavy atom. The zero-order valence-corrected chi connectivity index (χ0v) is 13.0. The first-order valence-corrected chi connectivity index (χ1v) is 7.20. The molecule has 0 heterocycles. The van der Waals surface area contributed by atoms with Gasteiger partial charge in [-0.1, -0.05) is 33.8 Å². The van der Waals surface area contributed by atoms with E-state index in [9.17, 15) is 4.79 Å². The highest BCUT2D eigenvalue weighted by molar-refractivity contribution is 5.93.